The maximum Gasteiger partial charge on any atom is 0.325 e. The molecular formula is C11H15NO4. The van der Waals surface area contributed by atoms with Gasteiger partial charge in [0.25, 0.3) is 0 Å². The van der Waals surface area contributed by atoms with Crippen molar-refractivity contribution in [3.8, 4) is 11.5 Å². The minimum absolute atomic E-state index is 0.0609. The van der Waals surface area contributed by atoms with Crippen LogP contribution in [0.25, 0.3) is 0 Å². The van der Waals surface area contributed by atoms with E-state index in [0.717, 1.165) is 5.56 Å². The predicted octanol–water partition coefficient (Wildman–Crippen LogP) is 1.10. The van der Waals surface area contributed by atoms with E-state index in [1.165, 1.54) is 7.11 Å². The van der Waals surface area contributed by atoms with Crippen molar-refractivity contribution in [2.45, 2.75) is 19.9 Å². The molecule has 0 radical (unpaired) electrons. The molecule has 0 aliphatic carbocycles. The number of methoxy groups -OCH3 is 1. The van der Waals surface area contributed by atoms with Crippen molar-refractivity contribution in [3.63, 3.8) is 0 Å². The van der Waals surface area contributed by atoms with Gasteiger partial charge in [-0.2, -0.15) is 0 Å². The fraction of sp³-hybridized carbons (Fsp3) is 0.364. The van der Waals surface area contributed by atoms with Crippen molar-refractivity contribution >= 4 is 5.97 Å². The first-order chi connectivity index (χ1) is 7.40. The molecule has 0 amide bonds. The Kier molecular flexibility index (Phi) is 3.39. The van der Waals surface area contributed by atoms with Gasteiger partial charge in [-0.15, -0.1) is 0 Å². The van der Waals surface area contributed by atoms with Crippen LogP contribution in [-0.2, 0) is 4.79 Å². The first kappa shape index (κ1) is 12.3. The molecule has 1 aromatic rings. The average Bonchev–Trinajstić information content (AvgIpc) is 2.24. The van der Waals surface area contributed by atoms with E-state index >= 15 is 0 Å². The van der Waals surface area contributed by atoms with Crippen molar-refractivity contribution in [1.82, 2.24) is 0 Å². The number of aryl methyl sites for hydroxylation is 1. The molecule has 4 N–H and O–H groups in total. The molecule has 5 nitrogen and oxygen atoms in total. The Balaban J connectivity index is 3.44. The van der Waals surface area contributed by atoms with Crippen LogP contribution in [0.15, 0.2) is 6.07 Å². The van der Waals surface area contributed by atoms with Gasteiger partial charge in [0.15, 0.2) is 11.5 Å². The summed E-state index contributed by atoms with van der Waals surface area (Å²) in [7, 11) is 1.36. The van der Waals surface area contributed by atoms with Crippen LogP contribution in [-0.4, -0.2) is 23.3 Å². The average molecular weight is 225 g/mol. The molecule has 1 unspecified atom stereocenters. The van der Waals surface area contributed by atoms with E-state index in [0.29, 0.717) is 5.56 Å². The zero-order valence-corrected chi connectivity index (χ0v) is 9.44. The molecule has 0 spiro atoms. The highest BCUT2D eigenvalue weighted by Crippen LogP contribution is 2.37. The van der Waals surface area contributed by atoms with Gasteiger partial charge >= 0.3 is 5.97 Å². The smallest absolute Gasteiger partial charge is 0.325 e. The largest absolute Gasteiger partial charge is 0.504 e. The third-order valence-corrected chi connectivity index (χ3v) is 2.60. The van der Waals surface area contributed by atoms with Gasteiger partial charge in [0.05, 0.1) is 7.11 Å². The Morgan fingerprint density at radius 2 is 2.06 bits per heavy atom. The number of aliphatic carboxylic acids is 1. The maximum absolute atomic E-state index is 10.8. The normalized spacial score (nSPS) is 12.2. The first-order valence-corrected chi connectivity index (χ1v) is 4.75. The van der Waals surface area contributed by atoms with E-state index < -0.39 is 12.0 Å². The Bertz CT molecular complexity index is 428. The number of benzene rings is 1. The molecule has 1 aromatic carbocycles. The van der Waals surface area contributed by atoms with Crippen LogP contribution in [0.2, 0.25) is 0 Å². The van der Waals surface area contributed by atoms with Gasteiger partial charge in [-0.1, -0.05) is 0 Å². The van der Waals surface area contributed by atoms with Crippen molar-refractivity contribution < 1.29 is 19.7 Å². The number of rotatable bonds is 3. The molecular weight excluding hydrogens is 210 g/mol. The Morgan fingerprint density at radius 1 is 1.50 bits per heavy atom. The standard InChI is InChI=1S/C11H15NO4/c1-5-4-7(8(12)11(14)15)10(16-3)9(13)6(5)2/h4,8,13H,12H2,1-3H3,(H,14,15). The van der Waals surface area contributed by atoms with Gasteiger partial charge in [-0.05, 0) is 31.0 Å². The van der Waals surface area contributed by atoms with Crippen LogP contribution >= 0.6 is 0 Å². The van der Waals surface area contributed by atoms with Gasteiger partial charge in [0.1, 0.15) is 6.04 Å². The number of nitrogens with two attached hydrogens (primary N) is 1. The van der Waals surface area contributed by atoms with Crippen LogP contribution in [0.5, 0.6) is 11.5 Å². The van der Waals surface area contributed by atoms with Gasteiger partial charge in [0.2, 0.25) is 0 Å². The maximum atomic E-state index is 10.8. The summed E-state index contributed by atoms with van der Waals surface area (Å²) in [5, 5.41) is 18.7. The molecule has 16 heavy (non-hydrogen) atoms. The molecule has 0 saturated heterocycles. The lowest BCUT2D eigenvalue weighted by atomic mass is 9.99. The highest BCUT2D eigenvalue weighted by Gasteiger charge is 2.23. The molecule has 0 bridgehead atoms. The van der Waals surface area contributed by atoms with Gasteiger partial charge in [0, 0.05) is 5.56 Å². The summed E-state index contributed by atoms with van der Waals surface area (Å²) in [6.45, 7) is 3.50. The summed E-state index contributed by atoms with van der Waals surface area (Å²) in [5.74, 6) is -1.10. The molecule has 0 fully saturated rings. The first-order valence-electron chi connectivity index (χ1n) is 4.75. The number of carboxylic acid groups (broad SMARTS) is 1. The third kappa shape index (κ3) is 1.94. The lowest BCUT2D eigenvalue weighted by Crippen LogP contribution is -2.21. The van der Waals surface area contributed by atoms with E-state index in [1.807, 2.05) is 0 Å². The molecule has 1 atom stereocenters. The second-order valence-electron chi connectivity index (χ2n) is 3.61. The summed E-state index contributed by atoms with van der Waals surface area (Å²) in [6.07, 6.45) is 0. The number of carbonyl (C=O) groups is 1. The monoisotopic (exact) mass is 225 g/mol. The highest BCUT2D eigenvalue weighted by molar-refractivity contribution is 5.77. The number of carboxylic acids is 1. The second-order valence-corrected chi connectivity index (χ2v) is 3.61. The van der Waals surface area contributed by atoms with Crippen molar-refractivity contribution in [2.75, 3.05) is 7.11 Å². The zero-order valence-electron chi connectivity index (χ0n) is 9.44. The summed E-state index contributed by atoms with van der Waals surface area (Å²) < 4.78 is 4.99. The third-order valence-electron chi connectivity index (χ3n) is 2.60. The number of hydrogen-bond acceptors (Lipinski definition) is 4. The van der Waals surface area contributed by atoms with Crippen molar-refractivity contribution in [2.24, 2.45) is 5.73 Å². The lowest BCUT2D eigenvalue weighted by Gasteiger charge is -2.16. The zero-order chi connectivity index (χ0) is 12.5. The quantitative estimate of drug-likeness (QED) is 0.716. The molecule has 88 valence electrons. The molecule has 1 rings (SSSR count). The molecule has 0 aliphatic rings. The van der Waals surface area contributed by atoms with E-state index in [9.17, 15) is 9.90 Å². The fourth-order valence-electron chi connectivity index (χ4n) is 1.48. The molecule has 5 heteroatoms. The van der Waals surface area contributed by atoms with Crippen LogP contribution in [0.1, 0.15) is 22.7 Å². The van der Waals surface area contributed by atoms with E-state index in [2.05, 4.69) is 0 Å². The number of ether oxygens (including phenoxy) is 1. The van der Waals surface area contributed by atoms with Gasteiger partial charge in [-0.25, -0.2) is 0 Å². The van der Waals surface area contributed by atoms with Gasteiger partial charge in [-0.3, -0.25) is 4.79 Å². The SMILES string of the molecule is COc1c(C(N)C(=O)O)cc(C)c(C)c1O. The highest BCUT2D eigenvalue weighted by atomic mass is 16.5. The Hall–Kier alpha value is -1.75. The topological polar surface area (TPSA) is 92.8 Å². The Morgan fingerprint density at radius 3 is 2.50 bits per heavy atom. The lowest BCUT2D eigenvalue weighted by molar-refractivity contribution is -0.138. The number of hydrogen-bond donors (Lipinski definition) is 3. The summed E-state index contributed by atoms with van der Waals surface area (Å²) in [4.78, 5) is 10.8. The summed E-state index contributed by atoms with van der Waals surface area (Å²) in [6, 6.07) is 0.410. The van der Waals surface area contributed by atoms with Crippen LogP contribution < -0.4 is 10.5 Å². The van der Waals surface area contributed by atoms with Gasteiger partial charge < -0.3 is 20.7 Å². The number of phenols is 1. The number of aromatic hydroxyl groups is 1. The van der Waals surface area contributed by atoms with E-state index in [-0.39, 0.29) is 17.1 Å². The summed E-state index contributed by atoms with van der Waals surface area (Å²) >= 11 is 0. The van der Waals surface area contributed by atoms with E-state index in [1.54, 1.807) is 19.9 Å². The van der Waals surface area contributed by atoms with Crippen molar-refractivity contribution in [1.29, 1.82) is 0 Å². The minimum atomic E-state index is -1.21. The van der Waals surface area contributed by atoms with Crippen LogP contribution in [0.3, 0.4) is 0 Å². The Labute approximate surface area is 93.5 Å². The number of phenolic OH excluding ortho intramolecular Hbond substituents is 1. The van der Waals surface area contributed by atoms with Crippen LogP contribution in [0.4, 0.5) is 0 Å². The van der Waals surface area contributed by atoms with Crippen molar-refractivity contribution in [3.05, 3.63) is 22.8 Å². The molecule has 0 saturated carbocycles. The minimum Gasteiger partial charge on any atom is -0.504 e. The second kappa shape index (κ2) is 4.40. The summed E-state index contributed by atoms with van der Waals surface area (Å²) in [5.41, 5.74) is 7.20. The molecule has 0 aliphatic heterocycles. The van der Waals surface area contributed by atoms with E-state index in [4.69, 9.17) is 15.6 Å². The fourth-order valence-corrected chi connectivity index (χ4v) is 1.48. The molecule has 0 heterocycles. The molecule has 0 aromatic heterocycles. The predicted molar refractivity (Wildman–Crippen MR) is 58.7 cm³/mol. The van der Waals surface area contributed by atoms with Crippen LogP contribution in [0, 0.1) is 13.8 Å².